The molecule has 0 aliphatic carbocycles. The maximum absolute atomic E-state index is 8.69. The Balaban J connectivity index is 0.000000267. The van der Waals surface area contributed by atoms with Crippen molar-refractivity contribution in [1.29, 1.82) is 0 Å². The van der Waals surface area contributed by atoms with Crippen LogP contribution in [0.1, 0.15) is 29.1 Å². The van der Waals surface area contributed by atoms with Gasteiger partial charge in [0, 0.05) is 40.6 Å². The van der Waals surface area contributed by atoms with Crippen molar-refractivity contribution >= 4 is 48.5 Å². The van der Waals surface area contributed by atoms with E-state index in [0.29, 0.717) is 11.3 Å². The van der Waals surface area contributed by atoms with Crippen molar-refractivity contribution in [2.75, 3.05) is 0 Å². The van der Waals surface area contributed by atoms with Crippen molar-refractivity contribution in [3.05, 3.63) is 133 Å². The Bertz CT molecular complexity index is 2320. The Morgan fingerprint density at radius 3 is 2.02 bits per heavy atom. The van der Waals surface area contributed by atoms with E-state index in [9.17, 15) is 0 Å². The van der Waals surface area contributed by atoms with Gasteiger partial charge in [-0.25, -0.2) is 0 Å². The molecule has 0 bridgehead atoms. The van der Waals surface area contributed by atoms with Crippen LogP contribution in [0.5, 0.6) is 0 Å². The molecule has 3 nitrogen and oxygen atoms in total. The first-order valence-electron chi connectivity index (χ1n) is 18.3. The molecule has 0 atom stereocenters. The zero-order valence-corrected chi connectivity index (χ0v) is 35.5. The van der Waals surface area contributed by atoms with Crippen molar-refractivity contribution < 1.29 is 27.3 Å². The van der Waals surface area contributed by atoms with Crippen LogP contribution in [-0.4, -0.2) is 26.1 Å². The minimum absolute atomic E-state index is 0. The molecule has 4 aromatic carbocycles. The summed E-state index contributed by atoms with van der Waals surface area (Å²) in [4.78, 5) is 9.08. The van der Waals surface area contributed by atoms with Crippen LogP contribution >= 0.6 is 0 Å². The molecule has 0 aliphatic rings. The average Bonchev–Trinajstić information content (AvgIpc) is 3.49. The third kappa shape index (κ3) is 9.30. The fourth-order valence-electron chi connectivity index (χ4n) is 5.90. The number of benzene rings is 4. The molecule has 7 rings (SSSR count). The van der Waals surface area contributed by atoms with Gasteiger partial charge in [-0.3, -0.25) is 0 Å². The van der Waals surface area contributed by atoms with Crippen LogP contribution in [0.15, 0.2) is 120 Å². The Morgan fingerprint density at radius 1 is 0.686 bits per heavy atom. The molecule has 6 heteroatoms. The van der Waals surface area contributed by atoms with E-state index in [1.165, 1.54) is 15.9 Å². The molecule has 3 aromatic heterocycles. The van der Waals surface area contributed by atoms with Crippen LogP contribution in [0.25, 0.3) is 55.6 Å². The molecule has 0 spiro atoms. The van der Waals surface area contributed by atoms with E-state index in [1.807, 2.05) is 69.4 Å². The number of furan rings is 1. The van der Waals surface area contributed by atoms with Gasteiger partial charge in [0.25, 0.3) is 0 Å². The SMILES string of the molecule is C[Si](C)(C)c1ccc(-c2[c-]cccc2)nc1.[2H]C([2H])(c1ccnc(-c2[c-]ccc3c2oc2cc(-c4ccc([Si](C)(C)C)cc4)ccc23)c1)C(C)(C)C.[Ir]. The second-order valence-electron chi connectivity index (χ2n) is 16.0. The molecular formula is C45H48IrN2OSi2-2. The van der Waals surface area contributed by atoms with Gasteiger partial charge in [0.05, 0.1) is 21.7 Å². The van der Waals surface area contributed by atoms with Crippen LogP contribution in [-0.2, 0) is 26.5 Å². The number of pyridine rings is 2. The van der Waals surface area contributed by atoms with Gasteiger partial charge in [-0.1, -0.05) is 136 Å². The smallest absolute Gasteiger partial charge is 0.121 e. The van der Waals surface area contributed by atoms with E-state index < -0.39 is 27.9 Å². The first-order valence-corrected chi connectivity index (χ1v) is 24.3. The second-order valence-corrected chi connectivity index (χ2v) is 26.2. The van der Waals surface area contributed by atoms with E-state index in [-0.39, 0.29) is 20.1 Å². The van der Waals surface area contributed by atoms with Crippen molar-refractivity contribution in [2.45, 2.75) is 66.4 Å². The van der Waals surface area contributed by atoms with E-state index in [2.05, 4.69) is 116 Å². The Kier molecular flexibility index (Phi) is 10.7. The summed E-state index contributed by atoms with van der Waals surface area (Å²) in [7, 11) is -2.57. The third-order valence-corrected chi connectivity index (χ3v) is 12.8. The fourth-order valence-corrected chi connectivity index (χ4v) is 8.10. The fraction of sp³-hybridized carbons (Fsp3) is 0.244. The standard InChI is InChI=1S/C31H32NOSi.C14H16NSi.Ir/c1-31(2,3)20-21-16-17-32-28(18-21)27-9-7-8-26-25-15-12-23(19-29(25)33-30(26)27)22-10-13-24(14-11-22)34(4,5)6;1-16(2,3)13-9-10-14(15-11-13)12-7-5-4-6-8-12;/h7-8,10-19H,20H2,1-6H3;4-7,9-11H,1-3H3;/q2*-1;/i20D2;;. The zero-order chi connectivity index (χ0) is 37.5. The van der Waals surface area contributed by atoms with Gasteiger partial charge in [-0.2, -0.15) is 0 Å². The van der Waals surface area contributed by atoms with E-state index in [0.717, 1.165) is 44.3 Å². The van der Waals surface area contributed by atoms with E-state index >= 15 is 0 Å². The predicted molar refractivity (Wildman–Crippen MR) is 219 cm³/mol. The van der Waals surface area contributed by atoms with Crippen molar-refractivity contribution in [3.8, 4) is 33.6 Å². The van der Waals surface area contributed by atoms with Crippen molar-refractivity contribution in [2.24, 2.45) is 5.41 Å². The van der Waals surface area contributed by atoms with Crippen LogP contribution in [0, 0.1) is 17.5 Å². The summed E-state index contributed by atoms with van der Waals surface area (Å²) in [6.45, 7) is 19.8. The molecule has 51 heavy (non-hydrogen) atoms. The molecule has 0 saturated heterocycles. The van der Waals surface area contributed by atoms with Gasteiger partial charge < -0.3 is 14.4 Å². The van der Waals surface area contributed by atoms with Gasteiger partial charge in [-0.15, -0.1) is 54.1 Å². The van der Waals surface area contributed by atoms with Crippen LogP contribution in [0.2, 0.25) is 39.3 Å². The molecule has 0 N–H and O–H groups in total. The Labute approximate surface area is 322 Å². The van der Waals surface area contributed by atoms with Crippen LogP contribution in [0.3, 0.4) is 0 Å². The molecule has 0 unspecified atom stereocenters. The van der Waals surface area contributed by atoms with Gasteiger partial charge in [0.15, 0.2) is 0 Å². The number of rotatable bonds is 6. The maximum atomic E-state index is 8.69. The van der Waals surface area contributed by atoms with Gasteiger partial charge in [0.2, 0.25) is 0 Å². The van der Waals surface area contributed by atoms with Gasteiger partial charge >= 0.3 is 0 Å². The minimum atomic E-state index is -1.51. The zero-order valence-electron chi connectivity index (χ0n) is 33.1. The van der Waals surface area contributed by atoms with Crippen molar-refractivity contribution in [1.82, 2.24) is 9.97 Å². The first kappa shape index (κ1) is 35.5. The second kappa shape index (κ2) is 15.3. The van der Waals surface area contributed by atoms with Gasteiger partial charge in [0.1, 0.15) is 5.58 Å². The monoisotopic (exact) mass is 883 g/mol. The number of fused-ring (bicyclic) bond motifs is 3. The molecule has 0 aliphatic heterocycles. The van der Waals surface area contributed by atoms with Crippen LogP contribution in [0.4, 0.5) is 0 Å². The quantitative estimate of drug-likeness (QED) is 0.123. The summed E-state index contributed by atoms with van der Waals surface area (Å²) in [5, 5.41) is 4.89. The molecule has 263 valence electrons. The summed E-state index contributed by atoms with van der Waals surface area (Å²) in [5.74, 6) is 0. The molecule has 0 fully saturated rings. The van der Waals surface area contributed by atoms with Crippen molar-refractivity contribution in [3.63, 3.8) is 0 Å². The normalized spacial score (nSPS) is 12.8. The number of hydrogen-bond donors (Lipinski definition) is 0. The molecule has 7 aromatic rings. The van der Waals surface area contributed by atoms with Crippen LogP contribution < -0.4 is 10.4 Å². The topological polar surface area (TPSA) is 38.9 Å². The molecule has 0 saturated carbocycles. The largest absolute Gasteiger partial charge is 0.501 e. The predicted octanol–water partition coefficient (Wildman–Crippen LogP) is 11.3. The average molecular weight is 883 g/mol. The molecule has 1 radical (unpaired) electrons. The van der Waals surface area contributed by atoms with E-state index in [1.54, 1.807) is 12.3 Å². The maximum Gasteiger partial charge on any atom is 0.121 e. The number of nitrogens with zero attached hydrogens (tertiary/aromatic N) is 2. The van der Waals surface area contributed by atoms with Gasteiger partial charge in [-0.05, 0) is 51.6 Å². The summed E-state index contributed by atoms with van der Waals surface area (Å²) < 4.78 is 23.8. The number of aromatic nitrogens is 2. The molecular weight excluding hydrogens is 833 g/mol. The number of hydrogen-bond acceptors (Lipinski definition) is 3. The molecule has 3 heterocycles. The Hall–Kier alpha value is -3.94. The third-order valence-electron chi connectivity index (χ3n) is 8.67. The Morgan fingerprint density at radius 2 is 1.39 bits per heavy atom. The first-order chi connectivity index (χ1) is 24.4. The summed E-state index contributed by atoms with van der Waals surface area (Å²) in [6.07, 6.45) is 2.18. The summed E-state index contributed by atoms with van der Waals surface area (Å²) in [5.41, 5.74) is 7.35. The summed E-state index contributed by atoms with van der Waals surface area (Å²) in [6, 6.07) is 41.5. The molecule has 0 amide bonds. The minimum Gasteiger partial charge on any atom is -0.501 e. The summed E-state index contributed by atoms with van der Waals surface area (Å²) >= 11 is 0. The van der Waals surface area contributed by atoms with E-state index in [4.69, 9.17) is 7.16 Å².